The third kappa shape index (κ3) is 4.03. The highest BCUT2D eigenvalue weighted by molar-refractivity contribution is 8.18. The molecule has 2 aromatic rings. The molecule has 3 heterocycles. The van der Waals surface area contributed by atoms with Crippen molar-refractivity contribution in [3.63, 3.8) is 0 Å². The van der Waals surface area contributed by atoms with E-state index in [1.807, 2.05) is 24.3 Å². The molecule has 2 fully saturated rings. The maximum atomic E-state index is 12.7. The molecule has 4 rings (SSSR count). The van der Waals surface area contributed by atoms with E-state index >= 15 is 0 Å². The quantitative estimate of drug-likeness (QED) is 0.704. The van der Waals surface area contributed by atoms with E-state index in [4.69, 9.17) is 16.0 Å². The van der Waals surface area contributed by atoms with Crippen LogP contribution in [0.4, 0.5) is 4.79 Å². The molecule has 1 aromatic heterocycles. The van der Waals surface area contributed by atoms with Gasteiger partial charge in [-0.05, 0) is 43.1 Å². The number of hydrogen-bond donors (Lipinski definition) is 0. The number of halogens is 1. The van der Waals surface area contributed by atoms with E-state index < -0.39 is 0 Å². The van der Waals surface area contributed by atoms with Crippen molar-refractivity contribution in [1.82, 2.24) is 14.7 Å². The minimum atomic E-state index is -0.273. The number of rotatable bonds is 4. The largest absolute Gasteiger partial charge is 0.457 e. The van der Waals surface area contributed by atoms with E-state index in [1.54, 1.807) is 18.2 Å². The van der Waals surface area contributed by atoms with Gasteiger partial charge < -0.3 is 9.32 Å². The zero-order valence-electron chi connectivity index (χ0n) is 15.4. The molecule has 0 N–H and O–H groups in total. The van der Waals surface area contributed by atoms with Gasteiger partial charge in [0, 0.05) is 37.8 Å². The van der Waals surface area contributed by atoms with Crippen molar-refractivity contribution < 1.29 is 14.0 Å². The number of piperazine rings is 1. The molecule has 2 aliphatic heterocycles. The Balaban J connectivity index is 1.48. The molecular formula is C20H20ClN3O3S. The van der Waals surface area contributed by atoms with Gasteiger partial charge in [-0.2, -0.15) is 0 Å². The number of benzene rings is 1. The van der Waals surface area contributed by atoms with E-state index in [2.05, 4.69) is 16.8 Å². The smallest absolute Gasteiger partial charge is 0.294 e. The van der Waals surface area contributed by atoms with E-state index in [-0.39, 0.29) is 11.1 Å². The number of carbonyl (C=O) groups is 2. The highest BCUT2D eigenvalue weighted by Crippen LogP contribution is 2.34. The first-order valence-corrected chi connectivity index (χ1v) is 10.2. The first kappa shape index (κ1) is 19.3. The lowest BCUT2D eigenvalue weighted by Crippen LogP contribution is -2.49. The molecular weight excluding hydrogens is 398 g/mol. The average molecular weight is 418 g/mol. The first-order valence-electron chi connectivity index (χ1n) is 9.02. The second-order valence-corrected chi connectivity index (χ2v) is 8.25. The van der Waals surface area contributed by atoms with Crippen molar-refractivity contribution in [2.75, 3.05) is 39.9 Å². The highest BCUT2D eigenvalue weighted by atomic mass is 35.5. The lowest BCUT2D eigenvalue weighted by Gasteiger charge is -2.33. The highest BCUT2D eigenvalue weighted by Gasteiger charge is 2.36. The SMILES string of the molecule is CN1CCN(CN2C(=O)SC(=Cc3ccc(-c4ccccc4Cl)o3)C2=O)CC1. The molecule has 2 saturated heterocycles. The summed E-state index contributed by atoms with van der Waals surface area (Å²) in [5.41, 5.74) is 0.784. The molecule has 0 atom stereocenters. The minimum Gasteiger partial charge on any atom is -0.457 e. The topological polar surface area (TPSA) is 57.0 Å². The Kier molecular flexibility index (Phi) is 5.59. The van der Waals surface area contributed by atoms with Crippen LogP contribution in [0.25, 0.3) is 17.4 Å². The molecule has 0 radical (unpaired) electrons. The molecule has 146 valence electrons. The van der Waals surface area contributed by atoms with Gasteiger partial charge in [-0.1, -0.05) is 23.7 Å². The van der Waals surface area contributed by atoms with Crippen LogP contribution in [0.5, 0.6) is 0 Å². The van der Waals surface area contributed by atoms with Crippen LogP contribution in [0.1, 0.15) is 5.76 Å². The van der Waals surface area contributed by atoms with Gasteiger partial charge in [0.2, 0.25) is 0 Å². The zero-order chi connectivity index (χ0) is 19.7. The summed E-state index contributed by atoms with van der Waals surface area (Å²) in [7, 11) is 2.07. The summed E-state index contributed by atoms with van der Waals surface area (Å²) in [5, 5.41) is 0.351. The number of nitrogens with zero attached hydrogens (tertiary/aromatic N) is 3. The van der Waals surface area contributed by atoms with Gasteiger partial charge in [0.25, 0.3) is 11.1 Å². The number of amides is 2. The first-order chi connectivity index (χ1) is 13.5. The van der Waals surface area contributed by atoms with Crippen LogP contribution in [-0.4, -0.2) is 65.7 Å². The van der Waals surface area contributed by atoms with Crippen LogP contribution in [0.2, 0.25) is 5.02 Å². The van der Waals surface area contributed by atoms with E-state index in [9.17, 15) is 9.59 Å². The fourth-order valence-corrected chi connectivity index (χ4v) is 4.22. The molecule has 0 saturated carbocycles. The Hall–Kier alpha value is -2.06. The molecule has 28 heavy (non-hydrogen) atoms. The molecule has 0 bridgehead atoms. The number of thioether (sulfide) groups is 1. The predicted octanol–water partition coefficient (Wildman–Crippen LogP) is 3.84. The minimum absolute atomic E-state index is 0.243. The molecule has 0 unspecified atom stereocenters. The lowest BCUT2D eigenvalue weighted by atomic mass is 10.2. The number of carbonyl (C=O) groups excluding carboxylic acids is 2. The van der Waals surface area contributed by atoms with Crippen molar-refractivity contribution in [2.45, 2.75) is 0 Å². The molecule has 6 nitrogen and oxygen atoms in total. The zero-order valence-corrected chi connectivity index (χ0v) is 17.0. The van der Waals surface area contributed by atoms with Crippen molar-refractivity contribution in [2.24, 2.45) is 0 Å². The van der Waals surface area contributed by atoms with Gasteiger partial charge in [0.15, 0.2) is 0 Å². The summed E-state index contributed by atoms with van der Waals surface area (Å²) in [6, 6.07) is 11.0. The maximum absolute atomic E-state index is 12.7. The van der Waals surface area contributed by atoms with Gasteiger partial charge in [0.1, 0.15) is 11.5 Å². The van der Waals surface area contributed by atoms with Crippen molar-refractivity contribution in [3.05, 3.63) is 52.1 Å². The maximum Gasteiger partial charge on any atom is 0.294 e. The molecule has 8 heteroatoms. The van der Waals surface area contributed by atoms with Gasteiger partial charge >= 0.3 is 0 Å². The summed E-state index contributed by atoms with van der Waals surface area (Å²) >= 11 is 7.16. The van der Waals surface area contributed by atoms with Crippen molar-refractivity contribution in [1.29, 1.82) is 0 Å². The van der Waals surface area contributed by atoms with Crippen LogP contribution in [0, 0.1) is 0 Å². The second-order valence-electron chi connectivity index (χ2n) is 6.85. The van der Waals surface area contributed by atoms with Gasteiger partial charge in [-0.25, -0.2) is 0 Å². The monoisotopic (exact) mass is 417 g/mol. The Morgan fingerprint density at radius 1 is 1.11 bits per heavy atom. The van der Waals surface area contributed by atoms with E-state index in [0.29, 0.717) is 28.1 Å². The lowest BCUT2D eigenvalue weighted by molar-refractivity contribution is -0.124. The van der Waals surface area contributed by atoms with Crippen LogP contribution in [0.3, 0.4) is 0 Å². The van der Waals surface area contributed by atoms with Crippen molar-refractivity contribution >= 4 is 40.6 Å². The molecule has 2 aliphatic rings. The summed E-state index contributed by atoms with van der Waals surface area (Å²) in [5.74, 6) is 0.859. The third-order valence-electron chi connectivity index (χ3n) is 4.85. The third-order valence-corrected chi connectivity index (χ3v) is 6.09. The van der Waals surface area contributed by atoms with Crippen LogP contribution in [-0.2, 0) is 4.79 Å². The van der Waals surface area contributed by atoms with Gasteiger partial charge in [-0.3, -0.25) is 19.4 Å². The summed E-state index contributed by atoms with van der Waals surface area (Å²) in [6.45, 7) is 3.89. The fourth-order valence-electron chi connectivity index (χ4n) is 3.18. The summed E-state index contributed by atoms with van der Waals surface area (Å²) in [4.78, 5) is 31.1. The Morgan fingerprint density at radius 2 is 1.86 bits per heavy atom. The van der Waals surface area contributed by atoms with Crippen LogP contribution in [0.15, 0.2) is 45.7 Å². The standard InChI is InChI=1S/C20H20ClN3O3S/c1-22-8-10-23(11-9-22)13-24-19(25)18(28-20(24)26)12-14-6-7-17(27-14)15-4-2-3-5-16(15)21/h2-7,12H,8-11,13H2,1H3. The fraction of sp³-hybridized carbons (Fsp3) is 0.300. The average Bonchev–Trinajstić information content (AvgIpc) is 3.24. The summed E-state index contributed by atoms with van der Waals surface area (Å²) < 4.78 is 5.82. The second kappa shape index (κ2) is 8.13. The van der Waals surface area contributed by atoms with E-state index in [1.165, 1.54) is 4.90 Å². The molecule has 0 aliphatic carbocycles. The summed E-state index contributed by atoms with van der Waals surface area (Å²) in [6.07, 6.45) is 1.62. The molecule has 2 amide bonds. The Morgan fingerprint density at radius 3 is 2.61 bits per heavy atom. The Bertz CT molecular complexity index is 934. The van der Waals surface area contributed by atoms with E-state index in [0.717, 1.165) is 43.5 Å². The van der Waals surface area contributed by atoms with Crippen molar-refractivity contribution in [3.8, 4) is 11.3 Å². The normalized spacial score (nSPS) is 20.5. The van der Waals surface area contributed by atoms with Crippen LogP contribution >= 0.6 is 23.4 Å². The molecule has 0 spiro atoms. The molecule has 1 aromatic carbocycles. The van der Waals surface area contributed by atoms with Gasteiger partial charge in [0.05, 0.1) is 16.6 Å². The number of likely N-dealkylation sites (N-methyl/N-ethyl adjacent to an activating group) is 1. The number of furan rings is 1. The number of imide groups is 1. The van der Waals surface area contributed by atoms with Crippen LogP contribution < -0.4 is 0 Å². The number of hydrogen-bond acceptors (Lipinski definition) is 6. The Labute approximate surface area is 172 Å². The van der Waals surface area contributed by atoms with Gasteiger partial charge in [-0.15, -0.1) is 0 Å². The predicted molar refractivity (Wildman–Crippen MR) is 111 cm³/mol.